The molecule has 0 heterocycles. The fraction of sp³-hybridized carbons (Fsp3) is 0.235. The number of amides is 1. The van der Waals surface area contributed by atoms with Gasteiger partial charge in [0.05, 0.1) is 17.0 Å². The van der Waals surface area contributed by atoms with Crippen molar-refractivity contribution in [3.63, 3.8) is 0 Å². The summed E-state index contributed by atoms with van der Waals surface area (Å²) in [7, 11) is -3.79. The van der Waals surface area contributed by atoms with Gasteiger partial charge in [0.2, 0.25) is 15.9 Å². The molecule has 7 heteroatoms. The fourth-order valence-corrected chi connectivity index (χ4v) is 3.46. The molecular formula is C17H19ClN2O3S. The van der Waals surface area contributed by atoms with Gasteiger partial charge in [-0.15, -0.1) is 0 Å². The van der Waals surface area contributed by atoms with Gasteiger partial charge in [0, 0.05) is 5.02 Å². The monoisotopic (exact) mass is 366 g/mol. The highest BCUT2D eigenvalue weighted by Gasteiger charge is 2.23. The molecule has 0 aliphatic carbocycles. The maximum absolute atomic E-state index is 12.3. The quantitative estimate of drug-likeness (QED) is 0.825. The Hall–Kier alpha value is -1.89. The topological polar surface area (TPSA) is 75.3 Å². The lowest BCUT2D eigenvalue weighted by Crippen LogP contribution is -2.45. The van der Waals surface area contributed by atoms with E-state index in [0.29, 0.717) is 5.02 Å². The van der Waals surface area contributed by atoms with Crippen LogP contribution >= 0.6 is 11.6 Å². The van der Waals surface area contributed by atoms with Crippen LogP contribution in [0.2, 0.25) is 5.02 Å². The Kier molecular flexibility index (Phi) is 5.99. The molecule has 24 heavy (non-hydrogen) atoms. The lowest BCUT2D eigenvalue weighted by molar-refractivity contribution is -0.123. The van der Waals surface area contributed by atoms with Crippen LogP contribution in [-0.4, -0.2) is 20.4 Å². The van der Waals surface area contributed by atoms with Crippen LogP contribution < -0.4 is 10.0 Å². The van der Waals surface area contributed by atoms with E-state index in [1.165, 1.54) is 31.2 Å². The first-order valence-electron chi connectivity index (χ1n) is 7.43. The molecule has 2 atom stereocenters. The van der Waals surface area contributed by atoms with E-state index in [-0.39, 0.29) is 10.9 Å². The Bertz CT molecular complexity index is 792. The van der Waals surface area contributed by atoms with E-state index in [0.717, 1.165) is 5.56 Å². The van der Waals surface area contributed by atoms with Gasteiger partial charge >= 0.3 is 0 Å². The standard InChI is InChI=1S/C17H19ClN2O3S/c1-12(14-6-4-3-5-7-14)19-17(21)13(2)20-24(22,23)16-10-8-15(18)9-11-16/h3-13,20H,1-2H3,(H,19,21)/t12-,13-/m0/s1. The van der Waals surface area contributed by atoms with Crippen molar-refractivity contribution in [3.8, 4) is 0 Å². The van der Waals surface area contributed by atoms with Crippen molar-refractivity contribution in [2.75, 3.05) is 0 Å². The van der Waals surface area contributed by atoms with Crippen LogP contribution in [0.5, 0.6) is 0 Å². The van der Waals surface area contributed by atoms with Gasteiger partial charge in [0.1, 0.15) is 0 Å². The summed E-state index contributed by atoms with van der Waals surface area (Å²) in [6, 6.07) is 14.1. The zero-order valence-electron chi connectivity index (χ0n) is 13.4. The molecule has 0 aromatic heterocycles. The second-order valence-corrected chi connectivity index (χ2v) is 7.59. The molecule has 0 radical (unpaired) electrons. The second-order valence-electron chi connectivity index (χ2n) is 5.44. The fourth-order valence-electron chi connectivity index (χ4n) is 2.13. The summed E-state index contributed by atoms with van der Waals surface area (Å²) < 4.78 is 26.9. The van der Waals surface area contributed by atoms with Crippen molar-refractivity contribution in [1.82, 2.24) is 10.0 Å². The minimum Gasteiger partial charge on any atom is -0.348 e. The molecular weight excluding hydrogens is 348 g/mol. The number of rotatable bonds is 6. The van der Waals surface area contributed by atoms with E-state index in [2.05, 4.69) is 10.0 Å². The Morgan fingerprint density at radius 1 is 1.00 bits per heavy atom. The van der Waals surface area contributed by atoms with Crippen LogP contribution in [-0.2, 0) is 14.8 Å². The predicted molar refractivity (Wildman–Crippen MR) is 94.2 cm³/mol. The maximum Gasteiger partial charge on any atom is 0.241 e. The highest BCUT2D eigenvalue weighted by Crippen LogP contribution is 2.15. The van der Waals surface area contributed by atoms with Gasteiger partial charge in [-0.2, -0.15) is 4.72 Å². The third-order valence-corrected chi connectivity index (χ3v) is 5.32. The summed E-state index contributed by atoms with van der Waals surface area (Å²) in [5.74, 6) is -0.399. The average molecular weight is 367 g/mol. The number of halogens is 1. The van der Waals surface area contributed by atoms with Crippen molar-refractivity contribution in [3.05, 3.63) is 65.2 Å². The Labute approximate surface area is 147 Å². The van der Waals surface area contributed by atoms with Crippen LogP contribution in [0.25, 0.3) is 0 Å². The van der Waals surface area contributed by atoms with Crippen LogP contribution in [0, 0.1) is 0 Å². The van der Waals surface area contributed by atoms with Gasteiger partial charge in [-0.25, -0.2) is 8.42 Å². The number of nitrogens with one attached hydrogen (secondary N) is 2. The number of carbonyl (C=O) groups is 1. The molecule has 128 valence electrons. The van der Waals surface area contributed by atoms with Crippen molar-refractivity contribution in [2.24, 2.45) is 0 Å². The summed E-state index contributed by atoms with van der Waals surface area (Å²) in [6.07, 6.45) is 0. The highest BCUT2D eigenvalue weighted by molar-refractivity contribution is 7.89. The molecule has 0 fully saturated rings. The molecule has 0 saturated carbocycles. The van der Waals surface area contributed by atoms with Gasteiger partial charge in [0.25, 0.3) is 0 Å². The molecule has 0 aliphatic heterocycles. The van der Waals surface area contributed by atoms with Gasteiger partial charge in [0.15, 0.2) is 0 Å². The SMILES string of the molecule is C[C@H](NS(=O)(=O)c1ccc(Cl)cc1)C(=O)N[C@@H](C)c1ccccc1. The van der Waals surface area contributed by atoms with Crippen molar-refractivity contribution in [1.29, 1.82) is 0 Å². The third kappa shape index (κ3) is 4.80. The first-order valence-corrected chi connectivity index (χ1v) is 9.29. The zero-order chi connectivity index (χ0) is 17.7. The molecule has 2 aromatic rings. The molecule has 2 N–H and O–H groups in total. The molecule has 0 spiro atoms. The Balaban J connectivity index is 2.02. The Morgan fingerprint density at radius 2 is 1.58 bits per heavy atom. The number of carbonyl (C=O) groups excluding carboxylic acids is 1. The largest absolute Gasteiger partial charge is 0.348 e. The molecule has 0 unspecified atom stereocenters. The summed E-state index contributed by atoms with van der Waals surface area (Å²) in [4.78, 5) is 12.3. The van der Waals surface area contributed by atoms with Gasteiger partial charge in [-0.3, -0.25) is 4.79 Å². The Morgan fingerprint density at radius 3 is 2.17 bits per heavy atom. The minimum absolute atomic E-state index is 0.0580. The summed E-state index contributed by atoms with van der Waals surface area (Å²) in [5, 5.41) is 3.23. The molecule has 0 bridgehead atoms. The van der Waals surface area contributed by atoms with E-state index in [9.17, 15) is 13.2 Å². The third-order valence-electron chi connectivity index (χ3n) is 3.51. The molecule has 5 nitrogen and oxygen atoms in total. The number of benzene rings is 2. The van der Waals surface area contributed by atoms with Crippen molar-refractivity contribution >= 4 is 27.5 Å². The lowest BCUT2D eigenvalue weighted by atomic mass is 10.1. The second kappa shape index (κ2) is 7.79. The van der Waals surface area contributed by atoms with Gasteiger partial charge < -0.3 is 5.32 Å². The van der Waals surface area contributed by atoms with Crippen molar-refractivity contribution < 1.29 is 13.2 Å². The minimum atomic E-state index is -3.79. The maximum atomic E-state index is 12.3. The average Bonchev–Trinajstić information content (AvgIpc) is 2.55. The van der Waals surface area contributed by atoms with Crippen LogP contribution in [0.15, 0.2) is 59.5 Å². The lowest BCUT2D eigenvalue weighted by Gasteiger charge is -2.19. The van der Waals surface area contributed by atoms with Crippen LogP contribution in [0.1, 0.15) is 25.5 Å². The number of sulfonamides is 1. The highest BCUT2D eigenvalue weighted by atomic mass is 35.5. The summed E-state index contributed by atoms with van der Waals surface area (Å²) >= 11 is 5.75. The molecule has 0 aliphatic rings. The summed E-state index contributed by atoms with van der Waals surface area (Å²) in [6.45, 7) is 3.34. The van der Waals surface area contributed by atoms with Crippen molar-refractivity contribution in [2.45, 2.75) is 30.8 Å². The molecule has 0 saturated heterocycles. The van der Waals surface area contributed by atoms with E-state index in [4.69, 9.17) is 11.6 Å². The normalized spacial score (nSPS) is 14.0. The van der Waals surface area contributed by atoms with E-state index >= 15 is 0 Å². The number of hydrogen-bond donors (Lipinski definition) is 2. The smallest absolute Gasteiger partial charge is 0.241 e. The van der Waals surface area contributed by atoms with Crippen LogP contribution in [0.4, 0.5) is 0 Å². The summed E-state index contributed by atoms with van der Waals surface area (Å²) in [5.41, 5.74) is 0.943. The van der Waals surface area contributed by atoms with Gasteiger partial charge in [-0.1, -0.05) is 41.9 Å². The van der Waals surface area contributed by atoms with Gasteiger partial charge in [-0.05, 0) is 43.7 Å². The first-order chi connectivity index (χ1) is 11.3. The van der Waals surface area contributed by atoms with E-state index in [1.54, 1.807) is 0 Å². The first kappa shape index (κ1) is 18.4. The van der Waals surface area contributed by atoms with Crippen LogP contribution in [0.3, 0.4) is 0 Å². The van der Waals surface area contributed by atoms with E-state index in [1.807, 2.05) is 37.3 Å². The molecule has 1 amide bonds. The molecule has 2 rings (SSSR count). The van der Waals surface area contributed by atoms with E-state index < -0.39 is 22.0 Å². The zero-order valence-corrected chi connectivity index (χ0v) is 14.9. The predicted octanol–water partition coefficient (Wildman–Crippen LogP) is 2.88. The number of hydrogen-bond acceptors (Lipinski definition) is 3. The molecule has 2 aromatic carbocycles.